The average molecular weight is 474 g/mol. The Labute approximate surface area is 197 Å². The molecule has 1 aliphatic rings. The van der Waals surface area contributed by atoms with E-state index in [9.17, 15) is 13.2 Å². The molecule has 2 aromatic carbocycles. The number of likely N-dealkylation sites (tertiary alicyclic amines) is 1. The number of carbonyl (C=O) groups excluding carboxylic acids is 1. The lowest BCUT2D eigenvalue weighted by molar-refractivity contribution is -0.121. The summed E-state index contributed by atoms with van der Waals surface area (Å²) in [4.78, 5) is 14.8. The third-order valence-corrected chi connectivity index (χ3v) is 7.09. The second-order valence-electron chi connectivity index (χ2n) is 8.57. The molecule has 7 nitrogen and oxygen atoms in total. The highest BCUT2D eigenvalue weighted by Gasteiger charge is 2.17. The molecule has 1 heterocycles. The quantitative estimate of drug-likeness (QED) is 0.540. The topological polar surface area (TPSA) is 79.0 Å². The SMILES string of the molecule is COc1ccc(N(CCCC(=O)NCc2ccc(CN3CCCCC3)cc2)S(C)(=O)=O)cc1. The summed E-state index contributed by atoms with van der Waals surface area (Å²) in [7, 11) is -1.89. The highest BCUT2D eigenvalue weighted by molar-refractivity contribution is 7.92. The Morgan fingerprint density at radius 1 is 1.00 bits per heavy atom. The second-order valence-corrected chi connectivity index (χ2v) is 10.5. The van der Waals surface area contributed by atoms with Crippen molar-refractivity contribution in [3.8, 4) is 5.75 Å². The smallest absolute Gasteiger partial charge is 0.232 e. The van der Waals surface area contributed by atoms with E-state index in [1.54, 1.807) is 31.4 Å². The third kappa shape index (κ3) is 8.05. The fourth-order valence-corrected chi connectivity index (χ4v) is 5.01. The van der Waals surface area contributed by atoms with E-state index in [0.717, 1.165) is 12.1 Å². The van der Waals surface area contributed by atoms with Crippen LogP contribution >= 0.6 is 0 Å². The summed E-state index contributed by atoms with van der Waals surface area (Å²) < 4.78 is 30.9. The van der Waals surface area contributed by atoms with E-state index in [4.69, 9.17) is 4.74 Å². The first-order valence-corrected chi connectivity index (χ1v) is 13.4. The number of benzene rings is 2. The molecule has 180 valence electrons. The lowest BCUT2D eigenvalue weighted by atomic mass is 10.1. The van der Waals surface area contributed by atoms with Gasteiger partial charge in [0, 0.05) is 26.1 Å². The summed E-state index contributed by atoms with van der Waals surface area (Å²) in [5.41, 5.74) is 2.91. The van der Waals surface area contributed by atoms with Gasteiger partial charge >= 0.3 is 0 Å². The Morgan fingerprint density at radius 3 is 2.24 bits per heavy atom. The van der Waals surface area contributed by atoms with E-state index < -0.39 is 10.0 Å². The van der Waals surface area contributed by atoms with Crippen LogP contribution in [0.4, 0.5) is 5.69 Å². The van der Waals surface area contributed by atoms with Crippen molar-refractivity contribution in [3.63, 3.8) is 0 Å². The number of sulfonamides is 1. The van der Waals surface area contributed by atoms with Gasteiger partial charge in [0.1, 0.15) is 5.75 Å². The van der Waals surface area contributed by atoms with Crippen LogP contribution in [-0.4, -0.2) is 52.2 Å². The number of nitrogens with one attached hydrogen (secondary N) is 1. The molecule has 8 heteroatoms. The fraction of sp³-hybridized carbons (Fsp3) is 0.480. The number of carbonyl (C=O) groups is 1. The maximum absolute atomic E-state index is 12.3. The Bertz CT molecular complexity index is 985. The summed E-state index contributed by atoms with van der Waals surface area (Å²) in [5, 5.41) is 2.93. The van der Waals surface area contributed by atoms with Crippen LogP contribution in [0.25, 0.3) is 0 Å². The minimum atomic E-state index is -3.45. The molecule has 1 fully saturated rings. The van der Waals surface area contributed by atoms with Gasteiger partial charge < -0.3 is 10.1 Å². The van der Waals surface area contributed by atoms with Crippen molar-refractivity contribution in [2.24, 2.45) is 0 Å². The van der Waals surface area contributed by atoms with E-state index in [1.165, 1.54) is 48.5 Å². The molecule has 0 bridgehead atoms. The van der Waals surface area contributed by atoms with Crippen molar-refractivity contribution >= 4 is 21.6 Å². The van der Waals surface area contributed by atoms with Crippen molar-refractivity contribution in [1.82, 2.24) is 10.2 Å². The predicted molar refractivity (Wildman–Crippen MR) is 132 cm³/mol. The predicted octanol–water partition coefficient (Wildman–Crippen LogP) is 3.54. The lowest BCUT2D eigenvalue weighted by Gasteiger charge is -2.26. The highest BCUT2D eigenvalue weighted by Crippen LogP contribution is 2.22. The van der Waals surface area contributed by atoms with Gasteiger partial charge in [-0.05, 0) is 67.7 Å². The molecule has 0 spiro atoms. The maximum atomic E-state index is 12.3. The van der Waals surface area contributed by atoms with Crippen LogP contribution in [0.1, 0.15) is 43.2 Å². The molecule has 1 amide bonds. The molecule has 3 rings (SSSR count). The summed E-state index contributed by atoms with van der Waals surface area (Å²) in [6, 6.07) is 15.2. The van der Waals surface area contributed by atoms with Crippen LogP contribution in [0.2, 0.25) is 0 Å². The van der Waals surface area contributed by atoms with Crippen LogP contribution in [0.5, 0.6) is 5.75 Å². The van der Waals surface area contributed by atoms with Gasteiger partial charge in [-0.1, -0.05) is 30.7 Å². The fourth-order valence-electron chi connectivity index (χ4n) is 4.05. The van der Waals surface area contributed by atoms with Crippen molar-refractivity contribution in [3.05, 3.63) is 59.7 Å². The number of hydrogen-bond acceptors (Lipinski definition) is 5. The molecule has 1 aliphatic heterocycles. The number of piperidine rings is 1. The molecule has 0 unspecified atom stereocenters. The minimum absolute atomic E-state index is 0.0874. The molecule has 0 aliphatic carbocycles. The van der Waals surface area contributed by atoms with Gasteiger partial charge in [0.25, 0.3) is 0 Å². The average Bonchev–Trinajstić information content (AvgIpc) is 2.81. The first-order chi connectivity index (χ1) is 15.8. The summed E-state index contributed by atoms with van der Waals surface area (Å²) in [5.74, 6) is 0.571. The Balaban J connectivity index is 1.43. The molecule has 33 heavy (non-hydrogen) atoms. The highest BCUT2D eigenvalue weighted by atomic mass is 32.2. The van der Waals surface area contributed by atoms with Crippen LogP contribution in [-0.2, 0) is 27.9 Å². The van der Waals surface area contributed by atoms with Gasteiger partial charge in [-0.2, -0.15) is 0 Å². The Kier molecular flexibility index (Phi) is 9.14. The standard InChI is InChI=1S/C25H35N3O4S/c1-32-24-14-12-23(13-15-24)28(33(2,30)31)18-6-7-25(29)26-19-21-8-10-22(11-9-21)20-27-16-4-3-5-17-27/h8-15H,3-7,16-20H2,1-2H3,(H,26,29). The number of hydrogen-bond donors (Lipinski definition) is 1. The number of ether oxygens (including phenoxy) is 1. The molecular formula is C25H35N3O4S. The number of amides is 1. The number of methoxy groups -OCH3 is 1. The van der Waals surface area contributed by atoms with Crippen LogP contribution in [0, 0.1) is 0 Å². The normalized spacial score (nSPS) is 14.6. The lowest BCUT2D eigenvalue weighted by Crippen LogP contribution is -2.32. The third-order valence-electron chi connectivity index (χ3n) is 5.89. The molecule has 0 saturated carbocycles. The molecule has 1 saturated heterocycles. The molecule has 0 atom stereocenters. The first-order valence-electron chi connectivity index (χ1n) is 11.5. The monoisotopic (exact) mass is 473 g/mol. The Morgan fingerprint density at radius 2 is 1.64 bits per heavy atom. The van der Waals surface area contributed by atoms with E-state index in [0.29, 0.717) is 24.4 Å². The van der Waals surface area contributed by atoms with Gasteiger partial charge in [0.05, 0.1) is 19.1 Å². The van der Waals surface area contributed by atoms with Crippen LogP contribution < -0.4 is 14.4 Å². The zero-order valence-corrected chi connectivity index (χ0v) is 20.4. The summed E-state index contributed by atoms with van der Waals surface area (Å²) in [6.07, 6.45) is 5.77. The Hall–Kier alpha value is -2.58. The largest absolute Gasteiger partial charge is 0.497 e. The molecule has 0 aromatic heterocycles. The number of anilines is 1. The zero-order chi connectivity index (χ0) is 23.7. The number of nitrogens with zero attached hydrogens (tertiary/aromatic N) is 2. The number of rotatable bonds is 11. The van der Waals surface area contributed by atoms with Crippen LogP contribution in [0.3, 0.4) is 0 Å². The van der Waals surface area contributed by atoms with Crippen molar-refractivity contribution in [2.45, 2.75) is 45.2 Å². The van der Waals surface area contributed by atoms with Crippen molar-refractivity contribution in [1.29, 1.82) is 0 Å². The summed E-state index contributed by atoms with van der Waals surface area (Å²) >= 11 is 0. The molecule has 0 radical (unpaired) electrons. The first kappa shape index (κ1) is 25.1. The summed E-state index contributed by atoms with van der Waals surface area (Å²) in [6.45, 7) is 4.04. The van der Waals surface area contributed by atoms with Crippen LogP contribution in [0.15, 0.2) is 48.5 Å². The van der Waals surface area contributed by atoms with E-state index in [2.05, 4.69) is 34.5 Å². The molecule has 2 aromatic rings. The van der Waals surface area contributed by atoms with Gasteiger partial charge in [0.2, 0.25) is 15.9 Å². The van der Waals surface area contributed by atoms with Crippen molar-refractivity contribution < 1.29 is 17.9 Å². The zero-order valence-electron chi connectivity index (χ0n) is 19.6. The van der Waals surface area contributed by atoms with Gasteiger partial charge in [-0.3, -0.25) is 14.0 Å². The van der Waals surface area contributed by atoms with Gasteiger partial charge in [-0.25, -0.2) is 8.42 Å². The second kappa shape index (κ2) is 12.0. The van der Waals surface area contributed by atoms with E-state index in [1.807, 2.05) is 0 Å². The molecular weight excluding hydrogens is 438 g/mol. The van der Waals surface area contributed by atoms with Gasteiger partial charge in [0.15, 0.2) is 0 Å². The molecule has 1 N–H and O–H groups in total. The maximum Gasteiger partial charge on any atom is 0.232 e. The van der Waals surface area contributed by atoms with E-state index in [-0.39, 0.29) is 18.9 Å². The van der Waals surface area contributed by atoms with Crippen molar-refractivity contribution in [2.75, 3.05) is 37.3 Å². The van der Waals surface area contributed by atoms with E-state index >= 15 is 0 Å². The van der Waals surface area contributed by atoms with Gasteiger partial charge in [-0.15, -0.1) is 0 Å². The minimum Gasteiger partial charge on any atom is -0.497 e.